The van der Waals surface area contributed by atoms with E-state index >= 15 is 0 Å². The number of hydrogen-bond acceptors (Lipinski definition) is 2. The average Bonchev–Trinajstić information content (AvgIpc) is 2.47. The van der Waals surface area contributed by atoms with Crippen LogP contribution in [0.1, 0.15) is 27.7 Å². The summed E-state index contributed by atoms with van der Waals surface area (Å²) in [6, 6.07) is 0. The number of fused-ring (bicyclic) bond motifs is 1. The van der Waals surface area contributed by atoms with Gasteiger partial charge in [0.15, 0.2) is 0 Å². The molecule has 2 aliphatic rings. The molecule has 1 amide bonds. The molecule has 1 aliphatic heterocycles. The topological polar surface area (TPSA) is 29.5 Å². The molecular formula is C11H19NO2. The molecule has 0 bridgehead atoms. The van der Waals surface area contributed by atoms with Gasteiger partial charge in [0.05, 0.1) is 0 Å². The van der Waals surface area contributed by atoms with Crippen LogP contribution in [0.25, 0.3) is 0 Å². The van der Waals surface area contributed by atoms with E-state index in [2.05, 4.69) is 6.92 Å². The molecule has 0 radical (unpaired) electrons. The molecule has 2 fully saturated rings. The van der Waals surface area contributed by atoms with E-state index in [1.807, 2.05) is 25.7 Å². The van der Waals surface area contributed by atoms with E-state index in [0.717, 1.165) is 30.8 Å². The molecule has 80 valence electrons. The minimum atomic E-state index is -0.366. The Morgan fingerprint density at radius 2 is 1.79 bits per heavy atom. The largest absolute Gasteiger partial charge is 0.444 e. The highest BCUT2D eigenvalue weighted by Crippen LogP contribution is 2.51. The Morgan fingerprint density at radius 1 is 1.29 bits per heavy atom. The standard InChI is InChI=1S/C11H19NO2/c1-7-8-5-12(6-9(7)8)10(13)14-11(2,3)4/h7-9H,5-6H2,1-4H3/t7?,8-,9?/m1/s1. The van der Waals surface area contributed by atoms with Crippen molar-refractivity contribution in [1.29, 1.82) is 0 Å². The second-order valence-electron chi connectivity index (χ2n) is 5.57. The molecule has 14 heavy (non-hydrogen) atoms. The lowest BCUT2D eigenvalue weighted by atomic mass is 10.2. The summed E-state index contributed by atoms with van der Waals surface area (Å²) in [4.78, 5) is 13.5. The summed E-state index contributed by atoms with van der Waals surface area (Å²) in [7, 11) is 0. The lowest BCUT2D eigenvalue weighted by Crippen LogP contribution is -2.36. The van der Waals surface area contributed by atoms with Crippen LogP contribution in [0.15, 0.2) is 0 Å². The van der Waals surface area contributed by atoms with Crippen molar-refractivity contribution >= 4 is 6.09 Å². The van der Waals surface area contributed by atoms with Crippen molar-refractivity contribution in [2.45, 2.75) is 33.3 Å². The summed E-state index contributed by atoms with van der Waals surface area (Å²) in [5.41, 5.74) is -0.366. The Bertz CT molecular complexity index is 245. The number of piperidine rings is 1. The Morgan fingerprint density at radius 3 is 2.21 bits per heavy atom. The first kappa shape index (κ1) is 9.81. The molecule has 1 aliphatic carbocycles. The molecule has 0 spiro atoms. The summed E-state index contributed by atoms with van der Waals surface area (Å²) < 4.78 is 5.31. The third-order valence-corrected chi connectivity index (χ3v) is 3.27. The van der Waals surface area contributed by atoms with E-state index in [-0.39, 0.29) is 11.7 Å². The molecule has 1 saturated heterocycles. The van der Waals surface area contributed by atoms with Crippen LogP contribution in [-0.4, -0.2) is 29.7 Å². The molecule has 3 heteroatoms. The van der Waals surface area contributed by atoms with Gasteiger partial charge in [-0.05, 0) is 38.5 Å². The van der Waals surface area contributed by atoms with Crippen molar-refractivity contribution in [3.05, 3.63) is 0 Å². The Hall–Kier alpha value is -0.730. The van der Waals surface area contributed by atoms with Crippen LogP contribution in [0.5, 0.6) is 0 Å². The van der Waals surface area contributed by atoms with Crippen molar-refractivity contribution < 1.29 is 9.53 Å². The summed E-state index contributed by atoms with van der Waals surface area (Å²) in [6.45, 7) is 9.79. The number of carbonyl (C=O) groups is 1. The van der Waals surface area contributed by atoms with Gasteiger partial charge in [-0.1, -0.05) is 6.92 Å². The Balaban J connectivity index is 1.84. The van der Waals surface area contributed by atoms with Crippen LogP contribution in [0, 0.1) is 17.8 Å². The van der Waals surface area contributed by atoms with Crippen LogP contribution in [0.2, 0.25) is 0 Å². The quantitative estimate of drug-likeness (QED) is 0.595. The zero-order valence-corrected chi connectivity index (χ0v) is 9.41. The molecule has 0 aromatic heterocycles. The third kappa shape index (κ3) is 1.72. The molecule has 3 nitrogen and oxygen atoms in total. The maximum Gasteiger partial charge on any atom is 0.410 e. The summed E-state index contributed by atoms with van der Waals surface area (Å²) in [5.74, 6) is 2.33. The van der Waals surface area contributed by atoms with Gasteiger partial charge in [0.2, 0.25) is 0 Å². The molecule has 0 N–H and O–H groups in total. The highest BCUT2D eigenvalue weighted by molar-refractivity contribution is 5.68. The van der Waals surface area contributed by atoms with Crippen molar-refractivity contribution in [2.24, 2.45) is 17.8 Å². The average molecular weight is 197 g/mol. The zero-order valence-electron chi connectivity index (χ0n) is 9.41. The fourth-order valence-electron chi connectivity index (χ4n) is 2.30. The van der Waals surface area contributed by atoms with Crippen LogP contribution >= 0.6 is 0 Å². The molecule has 2 rings (SSSR count). The van der Waals surface area contributed by atoms with E-state index < -0.39 is 0 Å². The number of hydrogen-bond donors (Lipinski definition) is 0. The summed E-state index contributed by atoms with van der Waals surface area (Å²) in [5, 5.41) is 0. The van der Waals surface area contributed by atoms with Crippen LogP contribution < -0.4 is 0 Å². The lowest BCUT2D eigenvalue weighted by molar-refractivity contribution is 0.0267. The van der Waals surface area contributed by atoms with Gasteiger partial charge in [0.25, 0.3) is 0 Å². The smallest absolute Gasteiger partial charge is 0.410 e. The van der Waals surface area contributed by atoms with Crippen molar-refractivity contribution in [1.82, 2.24) is 4.90 Å². The van der Waals surface area contributed by atoms with Crippen molar-refractivity contribution in [3.8, 4) is 0 Å². The van der Waals surface area contributed by atoms with E-state index in [1.165, 1.54) is 0 Å². The number of rotatable bonds is 0. The summed E-state index contributed by atoms with van der Waals surface area (Å²) in [6.07, 6.45) is -0.142. The number of carbonyl (C=O) groups excluding carboxylic acids is 1. The Labute approximate surface area is 85.4 Å². The van der Waals surface area contributed by atoms with Gasteiger partial charge in [-0.25, -0.2) is 4.79 Å². The number of ether oxygens (including phenoxy) is 1. The SMILES string of the molecule is CC1C2CN(C(=O)OC(C)(C)C)C[C@H]12. The number of likely N-dealkylation sites (tertiary alicyclic amines) is 1. The monoisotopic (exact) mass is 197 g/mol. The van der Waals surface area contributed by atoms with Gasteiger partial charge in [0.1, 0.15) is 5.60 Å². The van der Waals surface area contributed by atoms with Crippen molar-refractivity contribution in [2.75, 3.05) is 13.1 Å². The predicted octanol–water partition coefficient (Wildman–Crippen LogP) is 2.12. The predicted molar refractivity (Wildman–Crippen MR) is 54.0 cm³/mol. The minimum Gasteiger partial charge on any atom is -0.444 e. The first-order valence-electron chi connectivity index (χ1n) is 5.36. The third-order valence-electron chi connectivity index (χ3n) is 3.27. The molecule has 1 heterocycles. The molecule has 2 unspecified atom stereocenters. The highest BCUT2D eigenvalue weighted by Gasteiger charge is 2.54. The van der Waals surface area contributed by atoms with Crippen molar-refractivity contribution in [3.63, 3.8) is 0 Å². The lowest BCUT2D eigenvalue weighted by Gasteiger charge is -2.25. The first-order valence-corrected chi connectivity index (χ1v) is 5.36. The van der Waals surface area contributed by atoms with Gasteiger partial charge < -0.3 is 9.64 Å². The second kappa shape index (κ2) is 2.88. The Kier molecular flexibility index (Phi) is 2.02. The minimum absolute atomic E-state index is 0.142. The second-order valence-corrected chi connectivity index (χ2v) is 5.57. The fraction of sp³-hybridized carbons (Fsp3) is 0.909. The fourth-order valence-corrected chi connectivity index (χ4v) is 2.30. The van der Waals surface area contributed by atoms with E-state index in [1.54, 1.807) is 0 Å². The van der Waals surface area contributed by atoms with Gasteiger partial charge in [0, 0.05) is 13.1 Å². The van der Waals surface area contributed by atoms with Crippen LogP contribution in [0.4, 0.5) is 4.79 Å². The van der Waals surface area contributed by atoms with Crippen LogP contribution in [-0.2, 0) is 4.74 Å². The zero-order chi connectivity index (χ0) is 10.5. The number of amides is 1. The molecule has 0 aromatic carbocycles. The normalized spacial score (nSPS) is 35.4. The van der Waals surface area contributed by atoms with Gasteiger partial charge in [-0.2, -0.15) is 0 Å². The molecule has 3 atom stereocenters. The van der Waals surface area contributed by atoms with Crippen LogP contribution in [0.3, 0.4) is 0 Å². The van der Waals surface area contributed by atoms with E-state index in [4.69, 9.17) is 4.74 Å². The maximum absolute atomic E-state index is 11.6. The maximum atomic E-state index is 11.6. The van der Waals surface area contributed by atoms with Gasteiger partial charge in [-0.15, -0.1) is 0 Å². The molecular weight excluding hydrogens is 178 g/mol. The first-order chi connectivity index (χ1) is 6.38. The van der Waals surface area contributed by atoms with E-state index in [9.17, 15) is 4.79 Å². The van der Waals surface area contributed by atoms with Gasteiger partial charge in [-0.3, -0.25) is 0 Å². The van der Waals surface area contributed by atoms with E-state index in [0.29, 0.717) is 0 Å². The highest BCUT2D eigenvalue weighted by atomic mass is 16.6. The van der Waals surface area contributed by atoms with Gasteiger partial charge >= 0.3 is 6.09 Å². The summed E-state index contributed by atoms with van der Waals surface area (Å²) >= 11 is 0. The molecule has 1 saturated carbocycles. The number of nitrogens with zero attached hydrogens (tertiary/aromatic N) is 1. The molecule has 0 aromatic rings.